The monoisotopic (exact) mass is 344 g/mol. The first-order chi connectivity index (χ1) is 9.60. The smallest absolute Gasteiger partial charge is 0.377 e. The Morgan fingerprint density at radius 2 is 1.43 bits per heavy atom. The molecule has 0 bridgehead atoms. The molecule has 0 saturated carbocycles. The molecule has 9 heteroatoms. The molecule has 0 aromatic heterocycles. The van der Waals surface area contributed by atoms with Gasteiger partial charge in [-0.25, -0.2) is 0 Å². The van der Waals surface area contributed by atoms with Gasteiger partial charge in [-0.15, -0.1) is 0 Å². The Labute approximate surface area is 129 Å². The second kappa shape index (κ2) is 9.18. The molecule has 0 aliphatic rings. The molecule has 0 unspecified atom stereocenters. The molecule has 0 heterocycles. The average Bonchev–Trinajstić information content (AvgIpc) is 2.39. The topological polar surface area (TPSA) is 82.1 Å². The van der Waals surface area contributed by atoms with Crippen LogP contribution in [0.2, 0.25) is 6.04 Å². The van der Waals surface area contributed by atoms with Crippen molar-refractivity contribution in [1.29, 1.82) is 0 Å². The average molecular weight is 345 g/mol. The molecular formula is C12H30NO6SSi+. The molecule has 0 aliphatic carbocycles. The Balaban J connectivity index is 4.07. The number of quaternary nitrogens is 1. The van der Waals surface area contributed by atoms with Crippen molar-refractivity contribution < 1.29 is 30.7 Å². The Kier molecular flexibility index (Phi) is 9.17. The lowest BCUT2D eigenvalue weighted by Gasteiger charge is -2.31. The maximum Gasteiger partial charge on any atom is 0.500 e. The van der Waals surface area contributed by atoms with Crippen molar-refractivity contribution in [2.24, 2.45) is 0 Å². The SMILES string of the molecule is CO[Si](CCC[N+](C)(C)CCCCS(=O)(=O)O)(OC)OC. The minimum atomic E-state index is -3.84. The molecule has 0 fully saturated rings. The van der Waals surface area contributed by atoms with Gasteiger partial charge in [0.15, 0.2) is 0 Å². The first-order valence-corrected chi connectivity index (χ1v) is 10.6. The number of nitrogens with zero attached hydrogens (tertiary/aromatic N) is 1. The standard InChI is InChI=1S/C12H29NO6SSi/c1-13(2,9-6-7-11-20(14,15)16)10-8-12-21(17-3,18-4)19-5/h6-12H2,1-5H3/p+1. The molecule has 0 spiro atoms. The molecule has 0 aromatic rings. The van der Waals surface area contributed by atoms with Crippen LogP contribution < -0.4 is 0 Å². The maximum atomic E-state index is 10.7. The minimum Gasteiger partial charge on any atom is -0.377 e. The third-order valence-electron chi connectivity index (χ3n) is 3.60. The molecule has 21 heavy (non-hydrogen) atoms. The fourth-order valence-electron chi connectivity index (χ4n) is 2.22. The van der Waals surface area contributed by atoms with Crippen LogP contribution in [0.4, 0.5) is 0 Å². The van der Waals surface area contributed by atoms with Gasteiger partial charge in [-0.2, -0.15) is 8.42 Å². The lowest BCUT2D eigenvalue weighted by atomic mass is 10.3. The fourth-order valence-corrected chi connectivity index (χ4v) is 4.49. The van der Waals surface area contributed by atoms with Crippen LogP contribution in [-0.4, -0.2) is 80.5 Å². The molecule has 7 nitrogen and oxygen atoms in total. The number of hydrogen-bond acceptors (Lipinski definition) is 5. The first kappa shape index (κ1) is 21.0. The van der Waals surface area contributed by atoms with E-state index in [2.05, 4.69) is 14.1 Å². The van der Waals surface area contributed by atoms with E-state index in [0.29, 0.717) is 6.42 Å². The van der Waals surface area contributed by atoms with E-state index in [4.69, 9.17) is 17.8 Å². The molecule has 0 atom stereocenters. The van der Waals surface area contributed by atoms with Gasteiger partial charge in [-0.05, 0) is 12.8 Å². The Morgan fingerprint density at radius 3 is 1.86 bits per heavy atom. The summed E-state index contributed by atoms with van der Waals surface area (Å²) >= 11 is 0. The first-order valence-electron chi connectivity index (χ1n) is 7.02. The number of unbranched alkanes of at least 4 members (excludes halogenated alkanes) is 1. The van der Waals surface area contributed by atoms with Crippen LogP contribution in [0.15, 0.2) is 0 Å². The summed E-state index contributed by atoms with van der Waals surface area (Å²) in [6.07, 6.45) is 2.15. The molecule has 0 radical (unpaired) electrons. The molecular weight excluding hydrogens is 314 g/mol. The Morgan fingerprint density at radius 1 is 0.952 bits per heavy atom. The van der Waals surface area contributed by atoms with Crippen molar-refractivity contribution in [3.05, 3.63) is 0 Å². The summed E-state index contributed by atoms with van der Waals surface area (Å²) in [5.41, 5.74) is 0. The van der Waals surface area contributed by atoms with E-state index in [9.17, 15) is 8.42 Å². The van der Waals surface area contributed by atoms with Gasteiger partial charge in [0.05, 0.1) is 32.9 Å². The minimum absolute atomic E-state index is 0.167. The van der Waals surface area contributed by atoms with Crippen LogP contribution in [0.5, 0.6) is 0 Å². The highest BCUT2D eigenvalue weighted by molar-refractivity contribution is 7.85. The van der Waals surface area contributed by atoms with Gasteiger partial charge in [-0.3, -0.25) is 4.55 Å². The van der Waals surface area contributed by atoms with Crippen molar-refractivity contribution in [1.82, 2.24) is 0 Å². The predicted molar refractivity (Wildman–Crippen MR) is 83.7 cm³/mol. The molecule has 0 aliphatic heterocycles. The Hall–Kier alpha value is -0.0331. The van der Waals surface area contributed by atoms with Crippen LogP contribution in [0.3, 0.4) is 0 Å². The van der Waals surface area contributed by atoms with E-state index in [0.717, 1.165) is 36.5 Å². The number of rotatable bonds is 12. The highest BCUT2D eigenvalue weighted by Gasteiger charge is 2.37. The van der Waals surface area contributed by atoms with Crippen molar-refractivity contribution in [3.8, 4) is 0 Å². The summed E-state index contributed by atoms with van der Waals surface area (Å²) < 4.78 is 46.9. The second-order valence-electron chi connectivity index (χ2n) is 5.78. The molecule has 0 saturated heterocycles. The van der Waals surface area contributed by atoms with E-state index < -0.39 is 18.9 Å². The third kappa shape index (κ3) is 9.56. The van der Waals surface area contributed by atoms with Crippen LogP contribution in [0, 0.1) is 0 Å². The van der Waals surface area contributed by atoms with Crippen molar-refractivity contribution >= 4 is 18.9 Å². The third-order valence-corrected chi connectivity index (χ3v) is 7.23. The van der Waals surface area contributed by atoms with Crippen molar-refractivity contribution in [2.75, 3.05) is 54.3 Å². The van der Waals surface area contributed by atoms with E-state index in [1.807, 2.05) is 0 Å². The summed E-state index contributed by atoms with van der Waals surface area (Å²) in [6.45, 7) is 1.79. The number of hydrogen-bond donors (Lipinski definition) is 1. The van der Waals surface area contributed by atoms with Crippen molar-refractivity contribution in [3.63, 3.8) is 0 Å². The van der Waals surface area contributed by atoms with Gasteiger partial charge in [0.1, 0.15) is 0 Å². The molecule has 0 aromatic carbocycles. The summed E-state index contributed by atoms with van der Waals surface area (Å²) in [4.78, 5) is 0. The zero-order chi connectivity index (χ0) is 16.6. The molecule has 0 rings (SSSR count). The molecule has 1 N–H and O–H groups in total. The largest absolute Gasteiger partial charge is 0.500 e. The van der Waals surface area contributed by atoms with Gasteiger partial charge in [0.25, 0.3) is 10.1 Å². The van der Waals surface area contributed by atoms with Crippen molar-refractivity contribution in [2.45, 2.75) is 25.3 Å². The molecule has 0 amide bonds. The molecule has 128 valence electrons. The highest BCUT2D eigenvalue weighted by Crippen LogP contribution is 2.16. The van der Waals surface area contributed by atoms with E-state index in [1.165, 1.54) is 0 Å². The fraction of sp³-hybridized carbons (Fsp3) is 1.00. The zero-order valence-corrected chi connectivity index (χ0v) is 15.6. The van der Waals surface area contributed by atoms with E-state index >= 15 is 0 Å². The summed E-state index contributed by atoms with van der Waals surface area (Å²) in [7, 11) is 2.68. The highest BCUT2D eigenvalue weighted by atomic mass is 32.2. The van der Waals surface area contributed by atoms with Gasteiger partial charge < -0.3 is 17.8 Å². The van der Waals surface area contributed by atoms with Gasteiger partial charge in [0.2, 0.25) is 0 Å². The van der Waals surface area contributed by atoms with E-state index in [1.54, 1.807) is 21.3 Å². The lowest BCUT2D eigenvalue weighted by Crippen LogP contribution is -2.45. The maximum absolute atomic E-state index is 10.7. The predicted octanol–water partition coefficient (Wildman–Crippen LogP) is 0.999. The quantitative estimate of drug-likeness (QED) is 0.246. The van der Waals surface area contributed by atoms with Crippen LogP contribution in [0.1, 0.15) is 19.3 Å². The summed E-state index contributed by atoms with van der Waals surface area (Å²) in [5, 5.41) is 0. The van der Waals surface area contributed by atoms with Gasteiger partial charge in [0, 0.05) is 33.8 Å². The summed E-state index contributed by atoms with van der Waals surface area (Å²) in [6, 6.07) is 0.753. The normalized spacial score (nSPS) is 13.6. The lowest BCUT2D eigenvalue weighted by molar-refractivity contribution is -0.890. The second-order valence-corrected chi connectivity index (χ2v) is 10.4. The van der Waals surface area contributed by atoms with Crippen LogP contribution >= 0.6 is 0 Å². The Bertz CT molecular complexity index is 375. The summed E-state index contributed by atoms with van der Waals surface area (Å²) in [5.74, 6) is -0.167. The van der Waals surface area contributed by atoms with Crippen LogP contribution in [-0.2, 0) is 23.4 Å². The zero-order valence-electron chi connectivity index (χ0n) is 13.8. The van der Waals surface area contributed by atoms with Crippen LogP contribution in [0.25, 0.3) is 0 Å². The van der Waals surface area contributed by atoms with E-state index in [-0.39, 0.29) is 5.75 Å². The van der Waals surface area contributed by atoms with Gasteiger partial charge in [-0.1, -0.05) is 0 Å². The van der Waals surface area contributed by atoms with Gasteiger partial charge >= 0.3 is 8.80 Å².